The van der Waals surface area contributed by atoms with Crippen LogP contribution in [0.25, 0.3) is 5.57 Å². The van der Waals surface area contributed by atoms with E-state index in [0.29, 0.717) is 0 Å². The number of hydrogen-bond donors (Lipinski definition) is 1. The molecule has 4 heteroatoms. The van der Waals surface area contributed by atoms with E-state index in [9.17, 15) is 14.3 Å². The number of benzene rings is 1. The van der Waals surface area contributed by atoms with Crippen LogP contribution in [0.15, 0.2) is 24.8 Å². The summed E-state index contributed by atoms with van der Waals surface area (Å²) in [7, 11) is 1.16. The van der Waals surface area contributed by atoms with E-state index < -0.39 is 11.8 Å². The molecule has 1 N–H and O–H groups in total. The molecule has 14 heavy (non-hydrogen) atoms. The van der Waals surface area contributed by atoms with E-state index in [-0.39, 0.29) is 16.9 Å². The van der Waals surface area contributed by atoms with Gasteiger partial charge in [-0.1, -0.05) is 12.6 Å². The third-order valence-corrected chi connectivity index (χ3v) is 1.73. The summed E-state index contributed by atoms with van der Waals surface area (Å²) in [5.41, 5.74) is -0.428. The lowest BCUT2D eigenvalue weighted by molar-refractivity contribution is -0.133. The Morgan fingerprint density at radius 3 is 2.71 bits per heavy atom. The Balaban J connectivity index is 3.19. The molecule has 0 radical (unpaired) electrons. The first-order valence-electron chi connectivity index (χ1n) is 3.83. The number of aromatic hydroxyl groups is 1. The molecule has 0 bridgehead atoms. The molecular formula is C10H9FO3. The van der Waals surface area contributed by atoms with Crippen LogP contribution in [-0.4, -0.2) is 18.2 Å². The minimum absolute atomic E-state index is 0.205. The van der Waals surface area contributed by atoms with Crippen LogP contribution in [0, 0.1) is 5.82 Å². The molecule has 0 aliphatic carbocycles. The van der Waals surface area contributed by atoms with Crippen molar-refractivity contribution in [3.05, 3.63) is 36.2 Å². The highest BCUT2D eigenvalue weighted by Crippen LogP contribution is 2.27. The van der Waals surface area contributed by atoms with Crippen LogP contribution in [0.2, 0.25) is 0 Å². The standard InChI is InChI=1S/C10H9FO3/c1-6(10(13)14-2)9-7(11)4-3-5-8(9)12/h3-5,12H,1H2,2H3. The van der Waals surface area contributed by atoms with Crippen molar-refractivity contribution in [2.45, 2.75) is 0 Å². The van der Waals surface area contributed by atoms with Gasteiger partial charge in [0.15, 0.2) is 0 Å². The molecule has 1 aromatic rings. The molecule has 74 valence electrons. The molecule has 0 heterocycles. The number of carbonyl (C=O) groups excluding carboxylic acids is 1. The maximum atomic E-state index is 13.2. The quantitative estimate of drug-likeness (QED) is 0.578. The predicted molar refractivity (Wildman–Crippen MR) is 49.1 cm³/mol. The zero-order valence-electron chi connectivity index (χ0n) is 7.58. The molecule has 1 aromatic carbocycles. The van der Waals surface area contributed by atoms with Crippen molar-refractivity contribution in [2.24, 2.45) is 0 Å². The number of phenolic OH excluding ortho intramolecular Hbond substituents is 1. The minimum atomic E-state index is -0.773. The first kappa shape index (κ1) is 10.2. The molecule has 0 unspecified atom stereocenters. The van der Waals surface area contributed by atoms with Crippen LogP contribution in [0.4, 0.5) is 4.39 Å². The highest BCUT2D eigenvalue weighted by molar-refractivity contribution is 6.16. The zero-order valence-corrected chi connectivity index (χ0v) is 7.58. The van der Waals surface area contributed by atoms with Crippen LogP contribution in [0.5, 0.6) is 5.75 Å². The predicted octanol–water partition coefficient (Wildman–Crippen LogP) is 1.72. The number of carbonyl (C=O) groups is 1. The van der Waals surface area contributed by atoms with E-state index in [4.69, 9.17) is 0 Å². The second-order valence-corrected chi connectivity index (χ2v) is 2.60. The smallest absolute Gasteiger partial charge is 0.338 e. The zero-order chi connectivity index (χ0) is 10.7. The summed E-state index contributed by atoms with van der Waals surface area (Å²) in [4.78, 5) is 11.0. The molecule has 0 saturated heterocycles. The Hall–Kier alpha value is -1.84. The van der Waals surface area contributed by atoms with Gasteiger partial charge in [-0.3, -0.25) is 0 Å². The van der Waals surface area contributed by atoms with Crippen molar-refractivity contribution in [3.63, 3.8) is 0 Å². The second-order valence-electron chi connectivity index (χ2n) is 2.60. The number of rotatable bonds is 2. The van der Waals surface area contributed by atoms with Crippen molar-refractivity contribution in [1.29, 1.82) is 0 Å². The number of methoxy groups -OCH3 is 1. The Bertz CT molecular complexity index is 365. The van der Waals surface area contributed by atoms with Crippen LogP contribution < -0.4 is 0 Å². The van der Waals surface area contributed by atoms with Gasteiger partial charge in [0, 0.05) is 0 Å². The van der Waals surface area contributed by atoms with Crippen molar-refractivity contribution in [3.8, 4) is 5.75 Å². The van der Waals surface area contributed by atoms with E-state index >= 15 is 0 Å². The maximum absolute atomic E-state index is 13.2. The maximum Gasteiger partial charge on any atom is 0.338 e. The Morgan fingerprint density at radius 1 is 1.57 bits per heavy atom. The molecule has 0 fully saturated rings. The van der Waals surface area contributed by atoms with Gasteiger partial charge in [-0.05, 0) is 12.1 Å². The number of halogens is 1. The van der Waals surface area contributed by atoms with Gasteiger partial charge in [0.25, 0.3) is 0 Å². The summed E-state index contributed by atoms with van der Waals surface area (Å²) in [6.07, 6.45) is 0. The number of ether oxygens (including phenoxy) is 1. The summed E-state index contributed by atoms with van der Waals surface area (Å²) in [5, 5.41) is 9.30. The van der Waals surface area contributed by atoms with Gasteiger partial charge < -0.3 is 9.84 Å². The highest BCUT2D eigenvalue weighted by atomic mass is 19.1. The average molecular weight is 196 g/mol. The lowest BCUT2D eigenvalue weighted by Crippen LogP contribution is -2.04. The van der Waals surface area contributed by atoms with Crippen LogP contribution >= 0.6 is 0 Å². The first-order chi connectivity index (χ1) is 6.57. The third kappa shape index (κ3) is 1.74. The first-order valence-corrected chi connectivity index (χ1v) is 3.83. The lowest BCUT2D eigenvalue weighted by atomic mass is 10.1. The minimum Gasteiger partial charge on any atom is -0.507 e. The highest BCUT2D eigenvalue weighted by Gasteiger charge is 2.17. The number of esters is 1. The molecule has 0 spiro atoms. The summed E-state index contributed by atoms with van der Waals surface area (Å²) in [6, 6.07) is 3.73. The molecular weight excluding hydrogens is 187 g/mol. The van der Waals surface area contributed by atoms with Crippen LogP contribution in [-0.2, 0) is 9.53 Å². The van der Waals surface area contributed by atoms with Crippen LogP contribution in [0.3, 0.4) is 0 Å². The number of hydrogen-bond acceptors (Lipinski definition) is 3. The fourth-order valence-electron chi connectivity index (χ4n) is 1.04. The van der Waals surface area contributed by atoms with E-state index in [1.807, 2.05) is 0 Å². The molecule has 0 aliphatic rings. The SMILES string of the molecule is C=C(C(=O)OC)c1c(O)cccc1F. The van der Waals surface area contributed by atoms with Gasteiger partial charge in [-0.2, -0.15) is 0 Å². The van der Waals surface area contributed by atoms with Gasteiger partial charge in [-0.15, -0.1) is 0 Å². The largest absolute Gasteiger partial charge is 0.507 e. The van der Waals surface area contributed by atoms with Crippen LogP contribution in [0.1, 0.15) is 5.56 Å². The van der Waals surface area contributed by atoms with Gasteiger partial charge in [-0.25, -0.2) is 9.18 Å². The Labute approximate surface area is 80.4 Å². The molecule has 0 atom stereocenters. The molecule has 0 amide bonds. The number of phenols is 1. The molecule has 0 aromatic heterocycles. The van der Waals surface area contributed by atoms with Crippen molar-refractivity contribution in [1.82, 2.24) is 0 Å². The fourth-order valence-corrected chi connectivity index (χ4v) is 1.04. The normalized spacial score (nSPS) is 9.57. The van der Waals surface area contributed by atoms with Gasteiger partial charge in [0.1, 0.15) is 11.6 Å². The summed E-state index contributed by atoms with van der Waals surface area (Å²) in [5.74, 6) is -1.81. The Kier molecular flexibility index (Phi) is 2.86. The molecule has 1 rings (SSSR count). The molecule has 0 saturated carbocycles. The molecule has 0 aliphatic heterocycles. The summed E-state index contributed by atoms with van der Waals surface area (Å²) in [6.45, 7) is 3.34. The van der Waals surface area contributed by atoms with E-state index in [2.05, 4.69) is 11.3 Å². The molecule has 3 nitrogen and oxygen atoms in total. The van der Waals surface area contributed by atoms with Crippen molar-refractivity contribution < 1.29 is 19.0 Å². The van der Waals surface area contributed by atoms with Crippen molar-refractivity contribution >= 4 is 11.5 Å². The van der Waals surface area contributed by atoms with E-state index in [0.717, 1.165) is 13.2 Å². The average Bonchev–Trinajstić information content (AvgIpc) is 2.16. The fraction of sp³-hybridized carbons (Fsp3) is 0.100. The van der Waals surface area contributed by atoms with E-state index in [1.54, 1.807) is 0 Å². The van der Waals surface area contributed by atoms with Crippen molar-refractivity contribution in [2.75, 3.05) is 7.11 Å². The van der Waals surface area contributed by atoms with E-state index in [1.165, 1.54) is 12.1 Å². The third-order valence-electron chi connectivity index (χ3n) is 1.73. The Morgan fingerprint density at radius 2 is 2.21 bits per heavy atom. The monoisotopic (exact) mass is 196 g/mol. The summed E-state index contributed by atoms with van der Waals surface area (Å²) < 4.78 is 17.5. The second kappa shape index (κ2) is 3.91. The van der Waals surface area contributed by atoms with Gasteiger partial charge in [0.2, 0.25) is 0 Å². The van der Waals surface area contributed by atoms with Gasteiger partial charge in [0.05, 0.1) is 18.2 Å². The van der Waals surface area contributed by atoms with Gasteiger partial charge >= 0.3 is 5.97 Å². The topological polar surface area (TPSA) is 46.5 Å². The lowest BCUT2D eigenvalue weighted by Gasteiger charge is -2.06. The summed E-state index contributed by atoms with van der Waals surface area (Å²) >= 11 is 0.